The Hall–Kier alpha value is -0.680. The molecule has 0 spiro atoms. The Morgan fingerprint density at radius 2 is 1.81 bits per heavy atom. The number of halogens is 1. The molecule has 0 aromatic heterocycles. The number of nitrogens with two attached hydrogens (primary N) is 2. The van der Waals surface area contributed by atoms with Gasteiger partial charge in [0.1, 0.15) is 0 Å². The van der Waals surface area contributed by atoms with Crippen molar-refractivity contribution in [3.05, 3.63) is 0 Å². The lowest BCUT2D eigenvalue weighted by Gasteiger charge is -2.05. The number of nitrogens with zero attached hydrogens (tertiary/aromatic N) is 3. The Kier molecular flexibility index (Phi) is 21.7. The third kappa shape index (κ3) is 37.7. The predicted molar refractivity (Wildman–Crippen MR) is 76.7 cm³/mol. The summed E-state index contributed by atoms with van der Waals surface area (Å²) < 4.78 is 0. The van der Waals surface area contributed by atoms with E-state index in [2.05, 4.69) is 58.7 Å². The van der Waals surface area contributed by atoms with Crippen LogP contribution in [0.1, 0.15) is 13.3 Å². The first-order valence-electron chi connectivity index (χ1n) is 4.78. The molecular weight excluding hydrogens is 246 g/mol. The van der Waals surface area contributed by atoms with Gasteiger partial charge in [-0.3, -0.25) is 0 Å². The highest BCUT2D eigenvalue weighted by Crippen LogP contribution is 1.82. The van der Waals surface area contributed by atoms with E-state index in [4.69, 9.17) is 0 Å². The summed E-state index contributed by atoms with van der Waals surface area (Å²) in [6.45, 7) is 4.67. The van der Waals surface area contributed by atoms with E-state index in [-0.39, 0.29) is 17.5 Å². The molecular formula is C9H22ClN5S. The fraction of sp³-hybridized carbons (Fsp3) is 0.778. The summed E-state index contributed by atoms with van der Waals surface area (Å²) in [6.07, 6.45) is 1.08. The summed E-state index contributed by atoms with van der Waals surface area (Å²) >= 11 is 4.09. The van der Waals surface area contributed by atoms with Gasteiger partial charge in [-0.05, 0) is 46.2 Å². The molecule has 0 atom stereocenters. The normalized spacial score (nSPS) is 8.00. The standard InChI is InChI=1S/C8H17N3.CH4N2S.ClH/c1-4-9-8-10-6-5-7-11(2)3;2-1(3)4;/h4-7H2,1-3H3;(H4,2,3,4);1H. The van der Waals surface area contributed by atoms with E-state index >= 15 is 0 Å². The zero-order chi connectivity index (χ0) is 12.1. The van der Waals surface area contributed by atoms with E-state index in [1.54, 1.807) is 0 Å². The van der Waals surface area contributed by atoms with Crippen LogP contribution in [0.3, 0.4) is 0 Å². The van der Waals surface area contributed by atoms with Gasteiger partial charge < -0.3 is 16.4 Å². The molecule has 0 saturated carbocycles. The van der Waals surface area contributed by atoms with Crippen molar-refractivity contribution in [3.63, 3.8) is 0 Å². The van der Waals surface area contributed by atoms with Gasteiger partial charge >= 0.3 is 0 Å². The third-order valence-corrected chi connectivity index (χ3v) is 1.17. The van der Waals surface area contributed by atoms with Crippen molar-refractivity contribution in [3.8, 4) is 0 Å². The SMILES string of the molecule is CCN=C=NCCCN(C)C.Cl.NC(N)=S. The Morgan fingerprint density at radius 1 is 1.31 bits per heavy atom. The zero-order valence-electron chi connectivity index (χ0n) is 10.1. The van der Waals surface area contributed by atoms with Crippen molar-refractivity contribution < 1.29 is 0 Å². The maximum Gasteiger partial charge on any atom is 0.160 e. The topological polar surface area (TPSA) is 80.0 Å². The van der Waals surface area contributed by atoms with Crippen molar-refractivity contribution in [2.24, 2.45) is 21.5 Å². The first kappa shape index (κ1) is 20.7. The molecule has 0 heterocycles. The molecule has 0 bridgehead atoms. The molecule has 0 aromatic rings. The van der Waals surface area contributed by atoms with Crippen molar-refractivity contribution in [1.29, 1.82) is 0 Å². The molecule has 5 nitrogen and oxygen atoms in total. The molecule has 0 fully saturated rings. The highest BCUT2D eigenvalue weighted by atomic mass is 35.5. The van der Waals surface area contributed by atoms with Crippen LogP contribution in [0.25, 0.3) is 0 Å². The molecule has 96 valence electrons. The van der Waals surface area contributed by atoms with Gasteiger partial charge in [-0.2, -0.15) is 0 Å². The lowest BCUT2D eigenvalue weighted by Crippen LogP contribution is -2.18. The number of rotatable bonds is 5. The molecule has 0 aliphatic carbocycles. The zero-order valence-corrected chi connectivity index (χ0v) is 11.8. The second-order valence-electron chi connectivity index (χ2n) is 3.02. The largest absolute Gasteiger partial charge is 0.377 e. The Morgan fingerprint density at radius 3 is 2.19 bits per heavy atom. The Bertz CT molecular complexity index is 210. The Balaban J connectivity index is -0.000000292. The van der Waals surface area contributed by atoms with E-state index in [1.165, 1.54) is 0 Å². The van der Waals surface area contributed by atoms with Crippen LogP contribution in [0.5, 0.6) is 0 Å². The van der Waals surface area contributed by atoms with Crippen molar-refractivity contribution in [2.75, 3.05) is 33.7 Å². The van der Waals surface area contributed by atoms with Crippen molar-refractivity contribution >= 4 is 35.7 Å². The first-order chi connectivity index (χ1) is 7.00. The molecule has 7 heteroatoms. The van der Waals surface area contributed by atoms with Crippen molar-refractivity contribution in [2.45, 2.75) is 13.3 Å². The van der Waals surface area contributed by atoms with Crippen LogP contribution in [-0.2, 0) is 0 Å². The van der Waals surface area contributed by atoms with E-state index in [1.807, 2.05) is 6.92 Å². The smallest absolute Gasteiger partial charge is 0.160 e. The number of aliphatic imine (C=N–C) groups is 2. The third-order valence-electron chi connectivity index (χ3n) is 1.17. The Labute approximate surface area is 109 Å². The average Bonchev–Trinajstić information content (AvgIpc) is 2.09. The summed E-state index contributed by atoms with van der Waals surface area (Å²) in [5.74, 6) is 0. The first-order valence-corrected chi connectivity index (χ1v) is 5.19. The van der Waals surface area contributed by atoms with Crippen LogP contribution < -0.4 is 11.5 Å². The summed E-state index contributed by atoms with van der Waals surface area (Å²) in [4.78, 5) is 9.99. The maximum atomic E-state index is 4.62. The van der Waals surface area contributed by atoms with Gasteiger partial charge in [0, 0.05) is 6.54 Å². The van der Waals surface area contributed by atoms with Gasteiger partial charge in [-0.15, -0.1) is 12.4 Å². The molecule has 0 unspecified atom stereocenters. The van der Waals surface area contributed by atoms with Crippen LogP contribution in [-0.4, -0.2) is 49.8 Å². The molecule has 0 radical (unpaired) electrons. The van der Waals surface area contributed by atoms with Gasteiger partial charge in [-0.25, -0.2) is 9.98 Å². The minimum Gasteiger partial charge on any atom is -0.377 e. The van der Waals surface area contributed by atoms with E-state index < -0.39 is 0 Å². The van der Waals surface area contributed by atoms with Gasteiger partial charge in [0.2, 0.25) is 0 Å². The summed E-state index contributed by atoms with van der Waals surface area (Å²) in [5.41, 5.74) is 9.24. The number of thiocarbonyl (C=S) groups is 1. The van der Waals surface area contributed by atoms with Crippen LogP contribution in [0, 0.1) is 0 Å². The van der Waals surface area contributed by atoms with E-state index in [0.717, 1.165) is 26.1 Å². The summed E-state index contributed by atoms with van der Waals surface area (Å²) in [5, 5.41) is 0.000000000000000222. The molecule has 16 heavy (non-hydrogen) atoms. The van der Waals surface area contributed by atoms with E-state index in [0.29, 0.717) is 0 Å². The molecule has 0 aliphatic rings. The number of hydrogen-bond acceptors (Lipinski definition) is 4. The minimum atomic E-state index is 0. The van der Waals surface area contributed by atoms with E-state index in [9.17, 15) is 0 Å². The molecule has 4 N–H and O–H groups in total. The quantitative estimate of drug-likeness (QED) is 0.438. The summed E-state index contributed by atoms with van der Waals surface area (Å²) in [7, 11) is 4.12. The second kappa shape index (κ2) is 16.7. The van der Waals surface area contributed by atoms with Gasteiger partial charge in [0.25, 0.3) is 0 Å². The fourth-order valence-electron chi connectivity index (χ4n) is 0.637. The van der Waals surface area contributed by atoms with Gasteiger partial charge in [-0.1, -0.05) is 0 Å². The van der Waals surface area contributed by atoms with Crippen LogP contribution in [0.15, 0.2) is 9.98 Å². The minimum absolute atomic E-state index is 0. The molecule has 0 aliphatic heterocycles. The maximum absolute atomic E-state index is 4.62. The fourth-order valence-corrected chi connectivity index (χ4v) is 0.637. The average molecular weight is 268 g/mol. The second-order valence-corrected chi connectivity index (χ2v) is 3.49. The van der Waals surface area contributed by atoms with Gasteiger partial charge in [0.15, 0.2) is 5.11 Å². The molecule has 0 saturated heterocycles. The van der Waals surface area contributed by atoms with Gasteiger partial charge in [0.05, 0.1) is 12.6 Å². The summed E-state index contributed by atoms with van der Waals surface area (Å²) in [6, 6.07) is 2.64. The lowest BCUT2D eigenvalue weighted by molar-refractivity contribution is 0.403. The molecule has 0 amide bonds. The van der Waals surface area contributed by atoms with Crippen LogP contribution >= 0.6 is 24.6 Å². The number of hydrogen-bond donors (Lipinski definition) is 2. The highest BCUT2D eigenvalue weighted by molar-refractivity contribution is 7.80. The van der Waals surface area contributed by atoms with Crippen LogP contribution in [0.4, 0.5) is 0 Å². The lowest BCUT2D eigenvalue weighted by atomic mass is 10.4. The molecule has 0 rings (SSSR count). The highest BCUT2D eigenvalue weighted by Gasteiger charge is 1.86. The monoisotopic (exact) mass is 267 g/mol. The predicted octanol–water partition coefficient (Wildman–Crippen LogP) is 0.742. The van der Waals surface area contributed by atoms with Crippen LogP contribution in [0.2, 0.25) is 0 Å². The molecule has 0 aromatic carbocycles. The van der Waals surface area contributed by atoms with Crippen molar-refractivity contribution in [1.82, 2.24) is 4.90 Å².